The van der Waals surface area contributed by atoms with Gasteiger partial charge in [-0.25, -0.2) is 30.4 Å². The van der Waals surface area contributed by atoms with E-state index >= 15 is 0 Å². The van der Waals surface area contributed by atoms with E-state index in [4.69, 9.17) is 0 Å². The summed E-state index contributed by atoms with van der Waals surface area (Å²) in [7, 11) is -1.64. The lowest BCUT2D eigenvalue weighted by Gasteiger charge is -2.24. The van der Waals surface area contributed by atoms with E-state index in [1.807, 2.05) is 0 Å². The Morgan fingerprint density at radius 2 is 1.29 bits per heavy atom. The number of aromatic nitrogens is 4. The minimum absolute atomic E-state index is 0.0692. The van der Waals surface area contributed by atoms with Gasteiger partial charge >= 0.3 is 0 Å². The number of aromatic amines is 1. The molecule has 0 amide bonds. The smallest absolute Gasteiger partial charge is 0.242 e. The summed E-state index contributed by atoms with van der Waals surface area (Å²) < 4.78 is 53.3. The van der Waals surface area contributed by atoms with Gasteiger partial charge < -0.3 is 0 Å². The molecule has 0 aliphatic rings. The summed E-state index contributed by atoms with van der Waals surface area (Å²) in [5.74, 6) is 0.204. The van der Waals surface area contributed by atoms with Gasteiger partial charge in [-0.15, -0.1) is 0 Å². The van der Waals surface area contributed by atoms with Crippen LogP contribution in [0.3, 0.4) is 0 Å². The zero-order valence-corrected chi connectivity index (χ0v) is 20.5. The Kier molecular flexibility index (Phi) is 6.12. The van der Waals surface area contributed by atoms with Gasteiger partial charge in [-0.3, -0.25) is 10.00 Å². The van der Waals surface area contributed by atoms with Crippen LogP contribution in [0.25, 0.3) is 11.0 Å². The van der Waals surface area contributed by atoms with Crippen molar-refractivity contribution in [2.45, 2.75) is 9.79 Å². The van der Waals surface area contributed by atoms with Gasteiger partial charge in [0.05, 0.1) is 32.7 Å². The third-order valence-electron chi connectivity index (χ3n) is 5.09. The summed E-state index contributed by atoms with van der Waals surface area (Å²) in [5.41, 5.74) is 1.34. The molecule has 0 unspecified atom stereocenters. The van der Waals surface area contributed by atoms with Crippen LogP contribution in [0.15, 0.2) is 70.7 Å². The Hall–Kier alpha value is -3.39. The van der Waals surface area contributed by atoms with Gasteiger partial charge in [-0.1, -0.05) is 12.1 Å². The minimum atomic E-state index is -3.72. The molecule has 4 rings (SSSR count). The van der Waals surface area contributed by atoms with E-state index in [0.29, 0.717) is 22.4 Å². The van der Waals surface area contributed by atoms with Crippen LogP contribution in [0, 0.1) is 0 Å². The van der Waals surface area contributed by atoms with Gasteiger partial charge in [0.15, 0.2) is 5.65 Å². The highest BCUT2D eigenvalue weighted by Gasteiger charge is 2.24. The molecule has 34 heavy (non-hydrogen) atoms. The van der Waals surface area contributed by atoms with Crippen molar-refractivity contribution in [3.8, 4) is 0 Å². The van der Waals surface area contributed by atoms with E-state index in [1.54, 1.807) is 41.6 Å². The number of benzene rings is 2. The van der Waals surface area contributed by atoms with Gasteiger partial charge in [-0.2, -0.15) is 10.1 Å². The van der Waals surface area contributed by atoms with E-state index in [1.165, 1.54) is 52.5 Å². The van der Waals surface area contributed by atoms with Crippen LogP contribution in [-0.2, 0) is 20.0 Å². The number of hydrogen-bond acceptors (Lipinski definition) is 8. The Bertz CT molecular complexity index is 1480. The number of fused-ring (bicyclic) bond motifs is 1. The molecular weight excluding hydrogens is 478 g/mol. The monoisotopic (exact) mass is 501 g/mol. The second-order valence-electron chi connectivity index (χ2n) is 7.75. The van der Waals surface area contributed by atoms with Crippen molar-refractivity contribution >= 4 is 48.4 Å². The molecule has 178 valence electrons. The maximum atomic E-state index is 12.8. The number of nitrogens with one attached hydrogen (secondary N) is 1. The van der Waals surface area contributed by atoms with Gasteiger partial charge in [0.1, 0.15) is 0 Å². The highest BCUT2D eigenvalue weighted by atomic mass is 32.2. The molecule has 2 aromatic carbocycles. The summed E-state index contributed by atoms with van der Waals surface area (Å²) in [6.45, 7) is 0. The maximum Gasteiger partial charge on any atom is 0.242 e. The third kappa shape index (κ3) is 4.25. The number of anilines is 3. The van der Waals surface area contributed by atoms with Crippen molar-refractivity contribution in [1.82, 2.24) is 28.8 Å². The number of H-pyrrole nitrogens is 1. The number of rotatable bonds is 7. The lowest BCUT2D eigenvalue weighted by atomic mass is 10.2. The molecule has 0 atom stereocenters. The van der Waals surface area contributed by atoms with Crippen molar-refractivity contribution in [1.29, 1.82) is 0 Å². The second kappa shape index (κ2) is 8.76. The highest BCUT2D eigenvalue weighted by molar-refractivity contribution is 7.89. The van der Waals surface area contributed by atoms with Crippen molar-refractivity contribution < 1.29 is 16.8 Å². The fourth-order valence-electron chi connectivity index (χ4n) is 3.20. The Labute approximate surface area is 197 Å². The Balaban J connectivity index is 1.95. The van der Waals surface area contributed by atoms with Crippen LogP contribution < -0.4 is 4.90 Å². The second-order valence-corrected chi connectivity index (χ2v) is 12.1. The van der Waals surface area contributed by atoms with Crippen LogP contribution in [0.5, 0.6) is 0 Å². The number of hydrogen-bond donors (Lipinski definition) is 1. The Morgan fingerprint density at radius 3 is 1.79 bits per heavy atom. The van der Waals surface area contributed by atoms with Crippen LogP contribution in [-0.4, -0.2) is 73.8 Å². The van der Waals surface area contributed by atoms with E-state index in [9.17, 15) is 16.8 Å². The standard InChI is InChI=1S/C21H23N7O4S2/c1-26(2)33(29,30)18-9-5-7-16(11-18)28(21-22-13-15-14-23-25-20(15)24-21)17-8-6-10-19(12-17)34(31,32)27(3)4/h5-14H,1-4H3,(H,22,23,24,25). The fraction of sp³-hybridized carbons (Fsp3) is 0.190. The van der Waals surface area contributed by atoms with Crippen LogP contribution in [0.1, 0.15) is 0 Å². The molecule has 11 nitrogen and oxygen atoms in total. The van der Waals surface area contributed by atoms with Gasteiger partial charge in [-0.05, 0) is 36.4 Å². The average molecular weight is 502 g/mol. The zero-order chi connectivity index (χ0) is 24.7. The van der Waals surface area contributed by atoms with E-state index < -0.39 is 20.0 Å². The lowest BCUT2D eigenvalue weighted by Crippen LogP contribution is -2.23. The summed E-state index contributed by atoms with van der Waals surface area (Å²) in [5, 5.41) is 7.44. The zero-order valence-electron chi connectivity index (χ0n) is 18.9. The normalized spacial score (nSPS) is 12.5. The first kappa shape index (κ1) is 23.8. The van der Waals surface area contributed by atoms with Crippen molar-refractivity contribution in [2.24, 2.45) is 0 Å². The molecule has 0 saturated heterocycles. The molecule has 0 aliphatic carbocycles. The number of sulfonamides is 2. The van der Waals surface area contributed by atoms with E-state index in [2.05, 4.69) is 20.2 Å². The first-order valence-electron chi connectivity index (χ1n) is 10.0. The summed E-state index contributed by atoms with van der Waals surface area (Å²) >= 11 is 0. The predicted molar refractivity (Wildman–Crippen MR) is 128 cm³/mol. The number of nitrogens with zero attached hydrogens (tertiary/aromatic N) is 6. The molecule has 0 fully saturated rings. The first-order chi connectivity index (χ1) is 16.0. The molecule has 0 bridgehead atoms. The van der Waals surface area contributed by atoms with E-state index in [-0.39, 0.29) is 15.7 Å². The van der Waals surface area contributed by atoms with Gasteiger partial charge in [0.2, 0.25) is 26.0 Å². The van der Waals surface area contributed by atoms with Crippen LogP contribution in [0.4, 0.5) is 17.3 Å². The van der Waals surface area contributed by atoms with Crippen LogP contribution in [0.2, 0.25) is 0 Å². The fourth-order valence-corrected chi connectivity index (χ4v) is 5.09. The lowest BCUT2D eigenvalue weighted by molar-refractivity contribution is 0.520. The molecule has 4 aromatic rings. The summed E-state index contributed by atoms with van der Waals surface area (Å²) in [6, 6.07) is 12.6. The predicted octanol–water partition coefficient (Wildman–Crippen LogP) is 2.32. The molecule has 0 aliphatic heterocycles. The molecule has 1 N–H and O–H groups in total. The van der Waals surface area contributed by atoms with E-state index in [0.717, 1.165) is 8.61 Å². The first-order valence-corrected chi connectivity index (χ1v) is 12.9. The molecule has 0 saturated carbocycles. The quantitative estimate of drug-likeness (QED) is 0.408. The van der Waals surface area contributed by atoms with Crippen molar-refractivity contribution in [2.75, 3.05) is 33.1 Å². The van der Waals surface area contributed by atoms with Crippen molar-refractivity contribution in [3.05, 3.63) is 60.9 Å². The Morgan fingerprint density at radius 1 is 0.765 bits per heavy atom. The summed E-state index contributed by atoms with van der Waals surface area (Å²) in [6.07, 6.45) is 3.16. The largest absolute Gasteiger partial charge is 0.279 e. The van der Waals surface area contributed by atoms with Crippen LogP contribution >= 0.6 is 0 Å². The highest BCUT2D eigenvalue weighted by Crippen LogP contribution is 2.35. The average Bonchev–Trinajstić information content (AvgIpc) is 3.27. The van der Waals surface area contributed by atoms with Gasteiger partial charge in [0, 0.05) is 34.4 Å². The molecule has 0 radical (unpaired) electrons. The minimum Gasteiger partial charge on any atom is -0.279 e. The molecule has 2 aromatic heterocycles. The summed E-state index contributed by atoms with van der Waals surface area (Å²) in [4.78, 5) is 10.7. The SMILES string of the molecule is CN(C)S(=O)(=O)c1cccc(N(c2cccc(S(=O)(=O)N(C)C)c2)c2ncc3cn[nH]c3n2)c1. The molecule has 13 heteroatoms. The molecule has 0 spiro atoms. The maximum absolute atomic E-state index is 12.8. The van der Waals surface area contributed by atoms with Crippen molar-refractivity contribution in [3.63, 3.8) is 0 Å². The van der Waals surface area contributed by atoms with Gasteiger partial charge in [0.25, 0.3) is 0 Å². The topological polar surface area (TPSA) is 132 Å². The molecule has 2 heterocycles. The third-order valence-corrected chi connectivity index (χ3v) is 8.71. The molecular formula is C21H23N7O4S2.